The Labute approximate surface area is 109 Å². The minimum Gasteiger partial charge on any atom is -0.465 e. The van der Waals surface area contributed by atoms with E-state index in [9.17, 15) is 0 Å². The predicted octanol–water partition coefficient (Wildman–Crippen LogP) is 1.91. The average Bonchev–Trinajstić information content (AvgIpc) is 2.72. The van der Waals surface area contributed by atoms with Crippen molar-refractivity contribution in [2.24, 2.45) is 11.7 Å². The Morgan fingerprint density at radius 3 is 2.72 bits per heavy atom. The van der Waals surface area contributed by atoms with Gasteiger partial charge in [-0.3, -0.25) is 4.90 Å². The van der Waals surface area contributed by atoms with Gasteiger partial charge in [-0.1, -0.05) is 0 Å². The van der Waals surface area contributed by atoms with Gasteiger partial charge in [0.1, 0.15) is 11.5 Å². The van der Waals surface area contributed by atoms with E-state index in [4.69, 9.17) is 14.9 Å². The van der Waals surface area contributed by atoms with Crippen molar-refractivity contribution in [3.63, 3.8) is 0 Å². The Hall–Kier alpha value is -0.840. The van der Waals surface area contributed by atoms with Gasteiger partial charge < -0.3 is 14.9 Å². The molecule has 1 aromatic heterocycles. The van der Waals surface area contributed by atoms with Gasteiger partial charge in [-0.2, -0.15) is 0 Å². The van der Waals surface area contributed by atoms with Crippen molar-refractivity contribution in [3.05, 3.63) is 23.2 Å². The summed E-state index contributed by atoms with van der Waals surface area (Å²) in [6.45, 7) is 6.60. The highest BCUT2D eigenvalue weighted by atomic mass is 16.5. The Kier molecular flexibility index (Phi) is 4.80. The number of rotatable bonds is 5. The zero-order valence-corrected chi connectivity index (χ0v) is 11.4. The molecule has 2 rings (SSSR count). The number of ether oxygens (including phenoxy) is 1. The summed E-state index contributed by atoms with van der Waals surface area (Å²) in [4.78, 5) is 2.45. The number of nitrogens with zero attached hydrogens (tertiary/aromatic N) is 1. The fourth-order valence-electron chi connectivity index (χ4n) is 2.64. The van der Waals surface area contributed by atoms with Crippen LogP contribution >= 0.6 is 0 Å². The molecule has 0 atom stereocenters. The van der Waals surface area contributed by atoms with Crippen molar-refractivity contribution >= 4 is 0 Å². The molecule has 2 heterocycles. The van der Waals surface area contributed by atoms with Crippen molar-refractivity contribution in [2.75, 3.05) is 26.8 Å². The number of hydrogen-bond donors (Lipinski definition) is 1. The predicted molar refractivity (Wildman–Crippen MR) is 71.2 cm³/mol. The highest BCUT2D eigenvalue weighted by molar-refractivity contribution is 5.20. The van der Waals surface area contributed by atoms with Crippen LogP contribution in [0.1, 0.15) is 29.9 Å². The maximum atomic E-state index is 5.74. The third-order valence-corrected chi connectivity index (χ3v) is 3.78. The highest BCUT2D eigenvalue weighted by Gasteiger charge is 2.20. The van der Waals surface area contributed by atoms with E-state index in [0.29, 0.717) is 6.54 Å². The van der Waals surface area contributed by atoms with Crippen molar-refractivity contribution in [2.45, 2.75) is 32.9 Å². The second-order valence-electron chi connectivity index (χ2n) is 5.17. The van der Waals surface area contributed by atoms with E-state index in [-0.39, 0.29) is 0 Å². The van der Waals surface area contributed by atoms with E-state index < -0.39 is 0 Å². The molecule has 1 aliphatic heterocycles. The molecular weight excluding hydrogens is 228 g/mol. The second kappa shape index (κ2) is 6.36. The highest BCUT2D eigenvalue weighted by Crippen LogP contribution is 2.21. The number of methoxy groups -OCH3 is 1. The molecule has 0 aliphatic carbocycles. The summed E-state index contributed by atoms with van der Waals surface area (Å²) in [6, 6.07) is 2.09. The first-order valence-corrected chi connectivity index (χ1v) is 6.72. The lowest BCUT2D eigenvalue weighted by atomic mass is 9.98. The maximum absolute atomic E-state index is 5.74. The van der Waals surface area contributed by atoms with Gasteiger partial charge >= 0.3 is 0 Å². The molecule has 18 heavy (non-hydrogen) atoms. The molecule has 2 N–H and O–H groups in total. The first kappa shape index (κ1) is 13.6. The van der Waals surface area contributed by atoms with Crippen molar-refractivity contribution < 1.29 is 9.15 Å². The summed E-state index contributed by atoms with van der Waals surface area (Å²) >= 11 is 0. The maximum Gasteiger partial charge on any atom is 0.118 e. The largest absolute Gasteiger partial charge is 0.465 e. The summed E-state index contributed by atoms with van der Waals surface area (Å²) < 4.78 is 11.0. The molecule has 4 heteroatoms. The van der Waals surface area contributed by atoms with E-state index in [2.05, 4.69) is 11.0 Å². The zero-order valence-electron chi connectivity index (χ0n) is 11.4. The van der Waals surface area contributed by atoms with Crippen LogP contribution in [0.4, 0.5) is 0 Å². The Morgan fingerprint density at radius 1 is 1.44 bits per heavy atom. The monoisotopic (exact) mass is 252 g/mol. The van der Waals surface area contributed by atoms with Gasteiger partial charge in [0.2, 0.25) is 0 Å². The average molecular weight is 252 g/mol. The van der Waals surface area contributed by atoms with Crippen molar-refractivity contribution in [1.82, 2.24) is 4.90 Å². The van der Waals surface area contributed by atoms with E-state index in [1.54, 1.807) is 7.11 Å². The number of likely N-dealkylation sites (tertiary alicyclic amines) is 1. The van der Waals surface area contributed by atoms with Crippen LogP contribution in [0.2, 0.25) is 0 Å². The van der Waals surface area contributed by atoms with Crippen LogP contribution in [0.25, 0.3) is 0 Å². The fourth-order valence-corrected chi connectivity index (χ4v) is 2.64. The molecule has 1 fully saturated rings. The smallest absolute Gasteiger partial charge is 0.118 e. The summed E-state index contributed by atoms with van der Waals surface area (Å²) in [7, 11) is 1.78. The van der Waals surface area contributed by atoms with Gasteiger partial charge in [0, 0.05) is 25.8 Å². The van der Waals surface area contributed by atoms with Gasteiger partial charge in [-0.25, -0.2) is 0 Å². The topological polar surface area (TPSA) is 51.6 Å². The van der Waals surface area contributed by atoms with Gasteiger partial charge in [0.25, 0.3) is 0 Å². The Morgan fingerprint density at radius 2 is 2.17 bits per heavy atom. The molecule has 0 amide bonds. The van der Waals surface area contributed by atoms with E-state index in [1.807, 2.05) is 6.92 Å². The summed E-state index contributed by atoms with van der Waals surface area (Å²) in [5, 5.41) is 0. The molecule has 0 radical (unpaired) electrons. The number of furan rings is 1. The fraction of sp³-hybridized carbons (Fsp3) is 0.714. The number of aryl methyl sites for hydroxylation is 1. The molecule has 0 aromatic carbocycles. The van der Waals surface area contributed by atoms with E-state index in [1.165, 1.54) is 12.8 Å². The minimum atomic E-state index is 0.561. The standard InChI is InChI=1S/C14H24N2O2/c1-11-13(8-15)7-14(18-11)9-16-5-3-12(4-6-16)10-17-2/h7,12H,3-6,8-10,15H2,1-2H3. The van der Waals surface area contributed by atoms with Gasteiger partial charge in [-0.05, 0) is 44.8 Å². The molecule has 0 unspecified atom stereocenters. The Bertz CT molecular complexity index is 368. The van der Waals surface area contributed by atoms with Crippen molar-refractivity contribution in [1.29, 1.82) is 0 Å². The van der Waals surface area contributed by atoms with Crippen LogP contribution in [-0.4, -0.2) is 31.7 Å². The molecule has 0 saturated carbocycles. The first-order chi connectivity index (χ1) is 8.72. The van der Waals surface area contributed by atoms with Crippen LogP contribution in [-0.2, 0) is 17.8 Å². The zero-order chi connectivity index (χ0) is 13.0. The third kappa shape index (κ3) is 3.34. The molecule has 1 saturated heterocycles. The molecular formula is C14H24N2O2. The van der Waals surface area contributed by atoms with Gasteiger partial charge in [0.05, 0.1) is 6.54 Å². The van der Waals surface area contributed by atoms with Crippen LogP contribution in [0, 0.1) is 12.8 Å². The molecule has 1 aliphatic rings. The lowest BCUT2D eigenvalue weighted by molar-refractivity contribution is 0.0938. The van der Waals surface area contributed by atoms with Crippen LogP contribution in [0.5, 0.6) is 0 Å². The summed E-state index contributed by atoms with van der Waals surface area (Å²) in [6.07, 6.45) is 2.44. The molecule has 0 bridgehead atoms. The lowest BCUT2D eigenvalue weighted by Crippen LogP contribution is -2.34. The second-order valence-corrected chi connectivity index (χ2v) is 5.17. The third-order valence-electron chi connectivity index (χ3n) is 3.78. The van der Waals surface area contributed by atoms with Gasteiger partial charge in [-0.15, -0.1) is 0 Å². The number of piperidine rings is 1. The summed E-state index contributed by atoms with van der Waals surface area (Å²) in [5.41, 5.74) is 6.79. The van der Waals surface area contributed by atoms with E-state index >= 15 is 0 Å². The minimum absolute atomic E-state index is 0.561. The van der Waals surface area contributed by atoms with Crippen molar-refractivity contribution in [3.8, 4) is 0 Å². The van der Waals surface area contributed by atoms with Crippen LogP contribution < -0.4 is 5.73 Å². The SMILES string of the molecule is COCC1CCN(Cc2cc(CN)c(C)o2)CC1. The molecule has 1 aromatic rings. The molecule has 0 spiro atoms. The summed E-state index contributed by atoms with van der Waals surface area (Å²) in [5.74, 6) is 2.73. The Balaban J connectivity index is 1.83. The molecule has 4 nitrogen and oxygen atoms in total. The number of hydrogen-bond acceptors (Lipinski definition) is 4. The van der Waals surface area contributed by atoms with E-state index in [0.717, 1.165) is 49.2 Å². The lowest BCUT2D eigenvalue weighted by Gasteiger charge is -2.30. The quantitative estimate of drug-likeness (QED) is 0.869. The molecule has 102 valence electrons. The van der Waals surface area contributed by atoms with Crippen LogP contribution in [0.3, 0.4) is 0 Å². The van der Waals surface area contributed by atoms with Gasteiger partial charge in [0.15, 0.2) is 0 Å². The first-order valence-electron chi connectivity index (χ1n) is 6.72. The number of nitrogens with two attached hydrogens (primary N) is 1. The van der Waals surface area contributed by atoms with Crippen LogP contribution in [0.15, 0.2) is 10.5 Å². The normalized spacial score (nSPS) is 18.4.